The molecule has 0 saturated carbocycles. The summed E-state index contributed by atoms with van der Waals surface area (Å²) in [7, 11) is 0. The van der Waals surface area contributed by atoms with Gasteiger partial charge >= 0.3 is 0 Å². The highest BCUT2D eigenvalue weighted by Crippen LogP contribution is 2.58. The van der Waals surface area contributed by atoms with E-state index in [0.717, 1.165) is 17.1 Å². The molecule has 0 spiro atoms. The molecule has 0 atom stereocenters. The Morgan fingerprint density at radius 2 is 0.719 bits per heavy atom. The van der Waals surface area contributed by atoms with Crippen molar-refractivity contribution in [2.75, 3.05) is 4.90 Å². The van der Waals surface area contributed by atoms with E-state index in [4.69, 9.17) is 0 Å². The molecule has 300 valence electrons. The van der Waals surface area contributed by atoms with Gasteiger partial charge in [0.1, 0.15) is 0 Å². The van der Waals surface area contributed by atoms with Gasteiger partial charge in [-0.1, -0.05) is 218 Å². The molecule has 1 aliphatic rings. The Labute approximate surface area is 374 Å². The lowest BCUT2D eigenvalue weighted by molar-refractivity contribution is 0.768. The first kappa shape index (κ1) is 37.5. The molecule has 0 aromatic heterocycles. The lowest BCUT2D eigenvalue weighted by Crippen LogP contribution is -2.28. The van der Waals surface area contributed by atoms with E-state index in [1.807, 2.05) is 0 Å². The van der Waals surface area contributed by atoms with Gasteiger partial charge < -0.3 is 4.90 Å². The van der Waals surface area contributed by atoms with Crippen LogP contribution in [0.1, 0.15) is 22.3 Å². The molecule has 0 aliphatic heterocycles. The van der Waals surface area contributed by atoms with Crippen molar-refractivity contribution in [1.29, 1.82) is 0 Å². The molecule has 0 saturated heterocycles. The van der Waals surface area contributed by atoms with E-state index >= 15 is 0 Å². The van der Waals surface area contributed by atoms with Crippen molar-refractivity contribution in [3.63, 3.8) is 0 Å². The minimum Gasteiger partial charge on any atom is -0.310 e. The van der Waals surface area contributed by atoms with E-state index in [2.05, 4.69) is 266 Å². The Kier molecular flexibility index (Phi) is 9.13. The number of benzene rings is 11. The van der Waals surface area contributed by atoms with Gasteiger partial charge in [0.2, 0.25) is 0 Å². The van der Waals surface area contributed by atoms with Gasteiger partial charge in [0.25, 0.3) is 0 Å². The van der Waals surface area contributed by atoms with Gasteiger partial charge in [0.15, 0.2) is 0 Å². The maximum Gasteiger partial charge on any atom is 0.0713 e. The predicted octanol–water partition coefficient (Wildman–Crippen LogP) is 16.8. The zero-order valence-corrected chi connectivity index (χ0v) is 35.3. The van der Waals surface area contributed by atoms with E-state index in [0.29, 0.717) is 0 Å². The van der Waals surface area contributed by atoms with Crippen LogP contribution in [0.4, 0.5) is 17.1 Å². The Hall–Kier alpha value is -8.26. The Bertz CT molecular complexity index is 3440. The summed E-state index contributed by atoms with van der Waals surface area (Å²) in [6.45, 7) is 0. The highest BCUT2D eigenvalue weighted by molar-refractivity contribution is 5.97. The lowest BCUT2D eigenvalue weighted by Gasteiger charge is -2.34. The van der Waals surface area contributed by atoms with Crippen molar-refractivity contribution in [1.82, 2.24) is 0 Å². The smallest absolute Gasteiger partial charge is 0.0713 e. The third kappa shape index (κ3) is 6.24. The van der Waals surface area contributed by atoms with E-state index in [1.54, 1.807) is 0 Å². The summed E-state index contributed by atoms with van der Waals surface area (Å²) in [6, 6.07) is 95.8. The molecule has 11 aromatic carbocycles. The molecule has 64 heavy (non-hydrogen) atoms. The van der Waals surface area contributed by atoms with Crippen LogP contribution in [0.5, 0.6) is 0 Å². The number of anilines is 3. The van der Waals surface area contributed by atoms with Crippen LogP contribution in [0, 0.1) is 0 Å². The highest BCUT2D eigenvalue weighted by atomic mass is 15.1. The number of hydrogen-bond donors (Lipinski definition) is 0. The van der Waals surface area contributed by atoms with Crippen LogP contribution in [0.25, 0.3) is 66.1 Å². The summed E-state index contributed by atoms with van der Waals surface area (Å²) in [5, 5.41) is 4.95. The first-order valence-electron chi connectivity index (χ1n) is 22.2. The zero-order chi connectivity index (χ0) is 42.5. The predicted molar refractivity (Wildman–Crippen MR) is 270 cm³/mol. The van der Waals surface area contributed by atoms with Crippen LogP contribution >= 0.6 is 0 Å². The van der Waals surface area contributed by atoms with Gasteiger partial charge in [0, 0.05) is 17.1 Å². The van der Waals surface area contributed by atoms with Crippen molar-refractivity contribution < 1.29 is 0 Å². The third-order valence-electron chi connectivity index (χ3n) is 13.3. The largest absolute Gasteiger partial charge is 0.310 e. The quantitative estimate of drug-likeness (QED) is 0.148. The van der Waals surface area contributed by atoms with E-state index < -0.39 is 5.41 Å². The van der Waals surface area contributed by atoms with Crippen molar-refractivity contribution in [2.24, 2.45) is 0 Å². The summed E-state index contributed by atoms with van der Waals surface area (Å²) >= 11 is 0. The Balaban J connectivity index is 0.965. The van der Waals surface area contributed by atoms with Gasteiger partial charge in [-0.15, -0.1) is 0 Å². The molecule has 1 heteroatoms. The topological polar surface area (TPSA) is 3.24 Å². The maximum absolute atomic E-state index is 2.40. The fourth-order valence-electron chi connectivity index (χ4n) is 10.3. The van der Waals surface area contributed by atoms with Crippen molar-refractivity contribution in [2.45, 2.75) is 5.41 Å². The summed E-state index contributed by atoms with van der Waals surface area (Å²) in [4.78, 5) is 2.40. The second-order valence-corrected chi connectivity index (χ2v) is 16.9. The molecule has 11 aromatic rings. The van der Waals surface area contributed by atoms with Gasteiger partial charge in [-0.25, -0.2) is 0 Å². The Morgan fingerprint density at radius 3 is 1.41 bits per heavy atom. The molecule has 1 aliphatic carbocycles. The monoisotopic (exact) mass is 813 g/mol. The average molecular weight is 814 g/mol. The van der Waals surface area contributed by atoms with Crippen LogP contribution < -0.4 is 4.90 Å². The molecule has 0 fully saturated rings. The number of fused-ring (bicyclic) bond motifs is 5. The fourth-order valence-corrected chi connectivity index (χ4v) is 10.3. The molecular formula is C63H43N. The first-order chi connectivity index (χ1) is 31.7. The summed E-state index contributed by atoms with van der Waals surface area (Å²) in [5.74, 6) is 0. The highest BCUT2D eigenvalue weighted by Gasteiger charge is 2.46. The van der Waals surface area contributed by atoms with Crippen LogP contribution in [0.2, 0.25) is 0 Å². The fraction of sp³-hybridized carbons (Fsp3) is 0.0159. The van der Waals surface area contributed by atoms with Gasteiger partial charge in [-0.2, -0.15) is 0 Å². The summed E-state index contributed by atoms with van der Waals surface area (Å²) in [6.07, 6.45) is 0. The molecule has 12 rings (SSSR count). The Morgan fingerprint density at radius 1 is 0.250 bits per heavy atom. The zero-order valence-electron chi connectivity index (χ0n) is 35.3. The van der Waals surface area contributed by atoms with Crippen LogP contribution in [-0.2, 0) is 5.41 Å². The summed E-state index contributed by atoms with van der Waals surface area (Å²) < 4.78 is 0. The van der Waals surface area contributed by atoms with E-state index in [9.17, 15) is 0 Å². The molecule has 0 bridgehead atoms. The van der Waals surface area contributed by atoms with Crippen molar-refractivity contribution >= 4 is 38.6 Å². The normalized spacial score (nSPS) is 12.5. The van der Waals surface area contributed by atoms with Crippen LogP contribution in [0.3, 0.4) is 0 Å². The average Bonchev–Trinajstić information content (AvgIpc) is 3.68. The van der Waals surface area contributed by atoms with Crippen LogP contribution in [0.15, 0.2) is 261 Å². The molecule has 0 N–H and O–H groups in total. The molecule has 0 radical (unpaired) electrons. The molecular weight excluding hydrogens is 771 g/mol. The molecule has 0 amide bonds. The second-order valence-electron chi connectivity index (χ2n) is 16.9. The number of nitrogens with zero attached hydrogens (tertiary/aromatic N) is 1. The third-order valence-corrected chi connectivity index (χ3v) is 13.3. The van der Waals surface area contributed by atoms with Gasteiger partial charge in [0.05, 0.1) is 5.41 Å². The minimum atomic E-state index is -0.461. The lowest BCUT2D eigenvalue weighted by atomic mass is 9.67. The van der Waals surface area contributed by atoms with Gasteiger partial charge in [-0.3, -0.25) is 0 Å². The number of hydrogen-bond acceptors (Lipinski definition) is 1. The van der Waals surface area contributed by atoms with E-state index in [-0.39, 0.29) is 0 Å². The summed E-state index contributed by atoms with van der Waals surface area (Å²) in [5.41, 5.74) is 17.8. The van der Waals surface area contributed by atoms with Crippen LogP contribution in [-0.4, -0.2) is 0 Å². The molecule has 0 heterocycles. The van der Waals surface area contributed by atoms with Crippen molar-refractivity contribution in [3.05, 3.63) is 283 Å². The maximum atomic E-state index is 2.40. The standard InChI is InChI=1S/C63H43N/c1-3-20-53(21-4-1)63(54-22-5-2-6-23-54)60-27-12-11-25-59(60)62-58(26-14-28-61(62)63)52-19-13-24-56(43-52)64(57-40-37-45-16-8-10-18-50(45)42-57)55-38-35-47(36-39-55)46-29-31-48(32-30-46)51-34-33-44-15-7-9-17-49(44)41-51/h1-43H. The molecule has 1 nitrogen and oxygen atoms in total. The van der Waals surface area contributed by atoms with E-state index in [1.165, 1.54) is 88.3 Å². The second kappa shape index (κ2) is 15.6. The van der Waals surface area contributed by atoms with Crippen molar-refractivity contribution in [3.8, 4) is 44.5 Å². The minimum absolute atomic E-state index is 0.461. The number of rotatable bonds is 8. The molecule has 0 unspecified atom stereocenters. The first-order valence-corrected chi connectivity index (χ1v) is 22.2. The van der Waals surface area contributed by atoms with Gasteiger partial charge in [-0.05, 0) is 131 Å². The SMILES string of the molecule is c1ccc(C2(c3ccccc3)c3ccccc3-c3c(-c4cccc(N(c5ccc(-c6ccc(-c7ccc8ccccc8c7)cc6)cc5)c5ccc6ccccc6c5)c4)cccc32)cc1.